The Bertz CT molecular complexity index is 1950. The zero-order valence-corrected chi connectivity index (χ0v) is 25.3. The molecule has 0 N–H and O–H groups in total. The van der Waals surface area contributed by atoms with Gasteiger partial charge in [0.2, 0.25) is 0 Å². The molecule has 6 aromatic carbocycles. The number of para-hydroxylation sites is 2. The average molecular weight is 631 g/mol. The molecule has 0 aliphatic carbocycles. The molecule has 10 nitrogen and oxygen atoms in total. The second kappa shape index (κ2) is 15.4. The summed E-state index contributed by atoms with van der Waals surface area (Å²) >= 11 is 0. The summed E-state index contributed by atoms with van der Waals surface area (Å²) in [4.78, 5) is 25.9. The van der Waals surface area contributed by atoms with Crippen LogP contribution >= 0.6 is 0 Å². The highest BCUT2D eigenvalue weighted by molar-refractivity contribution is 5.92. The van der Waals surface area contributed by atoms with E-state index in [2.05, 4.69) is 30.7 Å². The average Bonchev–Trinajstić information content (AvgIpc) is 3.14. The van der Waals surface area contributed by atoms with E-state index in [0.29, 0.717) is 33.9 Å². The molecule has 48 heavy (non-hydrogen) atoms. The third kappa shape index (κ3) is 8.40. The van der Waals surface area contributed by atoms with Gasteiger partial charge in [0.15, 0.2) is 11.5 Å². The number of azo groups is 3. The van der Waals surface area contributed by atoms with Crippen molar-refractivity contribution < 1.29 is 19.1 Å². The molecule has 0 fully saturated rings. The van der Waals surface area contributed by atoms with Gasteiger partial charge < -0.3 is 9.47 Å². The summed E-state index contributed by atoms with van der Waals surface area (Å²) in [6, 6.07) is 45.3. The molecule has 0 saturated carbocycles. The molecule has 0 aliphatic heterocycles. The topological polar surface area (TPSA) is 127 Å². The molecule has 0 amide bonds. The highest BCUT2D eigenvalue weighted by Gasteiger charge is 2.14. The van der Waals surface area contributed by atoms with Crippen LogP contribution in [0, 0.1) is 0 Å². The molecule has 0 unspecified atom stereocenters. The molecular weight excluding hydrogens is 604 g/mol. The van der Waals surface area contributed by atoms with Crippen molar-refractivity contribution in [2.45, 2.75) is 0 Å². The molecule has 232 valence electrons. The van der Waals surface area contributed by atoms with Crippen LogP contribution in [-0.4, -0.2) is 11.9 Å². The van der Waals surface area contributed by atoms with Crippen molar-refractivity contribution in [1.82, 2.24) is 0 Å². The van der Waals surface area contributed by atoms with Gasteiger partial charge in [-0.3, -0.25) is 0 Å². The molecule has 0 aromatic heterocycles. The van der Waals surface area contributed by atoms with Crippen LogP contribution in [0.25, 0.3) is 0 Å². The third-order valence-electron chi connectivity index (χ3n) is 6.68. The Morgan fingerprint density at radius 2 is 0.646 bits per heavy atom. The van der Waals surface area contributed by atoms with Crippen molar-refractivity contribution in [3.05, 3.63) is 169 Å². The van der Waals surface area contributed by atoms with E-state index >= 15 is 0 Å². The van der Waals surface area contributed by atoms with E-state index in [4.69, 9.17) is 9.47 Å². The van der Waals surface area contributed by atoms with Gasteiger partial charge in [-0.1, -0.05) is 60.7 Å². The first-order valence-electron chi connectivity index (χ1n) is 14.8. The number of carbonyl (C=O) groups is 2. The number of rotatable bonds is 10. The van der Waals surface area contributed by atoms with E-state index in [-0.39, 0.29) is 11.5 Å². The van der Waals surface area contributed by atoms with Crippen molar-refractivity contribution in [2.75, 3.05) is 0 Å². The second-order valence-electron chi connectivity index (χ2n) is 10.1. The molecule has 0 atom stereocenters. The predicted octanol–water partition coefficient (Wildman–Crippen LogP) is 11.4. The maximum absolute atomic E-state index is 12.9. The number of hydrogen-bond acceptors (Lipinski definition) is 10. The maximum Gasteiger partial charge on any atom is 0.343 e. The Kier molecular flexibility index (Phi) is 9.95. The summed E-state index contributed by atoms with van der Waals surface area (Å²) in [6.45, 7) is 0. The van der Waals surface area contributed by atoms with Crippen molar-refractivity contribution in [1.29, 1.82) is 0 Å². The summed E-state index contributed by atoms with van der Waals surface area (Å²) < 4.78 is 11.3. The van der Waals surface area contributed by atoms with Crippen LogP contribution in [0.15, 0.2) is 188 Å². The highest BCUT2D eigenvalue weighted by Crippen LogP contribution is 2.33. The Hall–Kier alpha value is -6.94. The first-order valence-corrected chi connectivity index (χ1v) is 14.8. The van der Waals surface area contributed by atoms with Gasteiger partial charge in [0.25, 0.3) is 0 Å². The van der Waals surface area contributed by atoms with E-state index in [1.807, 2.05) is 60.7 Å². The Morgan fingerprint density at radius 1 is 0.333 bits per heavy atom. The minimum absolute atomic E-state index is 0.207. The molecule has 6 aromatic rings. The number of hydrogen-bond donors (Lipinski definition) is 0. The van der Waals surface area contributed by atoms with Crippen LogP contribution in [-0.2, 0) is 0 Å². The fourth-order valence-electron chi connectivity index (χ4n) is 4.23. The molecule has 0 heterocycles. The summed E-state index contributed by atoms with van der Waals surface area (Å²) in [6.07, 6.45) is 0. The maximum atomic E-state index is 12.9. The Balaban J connectivity index is 1.10. The summed E-state index contributed by atoms with van der Waals surface area (Å²) in [5, 5.41) is 25.3. The molecule has 6 rings (SSSR count). The molecular formula is C38H26N6O4. The second-order valence-corrected chi connectivity index (χ2v) is 10.1. The SMILES string of the molecule is O=C(Oc1ccccc1/N=N/c1ccccc1OC(=O)c1ccc(/N=N/c2ccccc2)cc1)c1ccc(/N=N/c2ccccc2)cc1. The van der Waals surface area contributed by atoms with Crippen molar-refractivity contribution >= 4 is 46.1 Å². The quantitative estimate of drug-likeness (QED) is 0.0847. The van der Waals surface area contributed by atoms with Crippen molar-refractivity contribution in [2.24, 2.45) is 30.7 Å². The van der Waals surface area contributed by atoms with Gasteiger partial charge in [0.05, 0.1) is 33.9 Å². The van der Waals surface area contributed by atoms with E-state index < -0.39 is 11.9 Å². The minimum atomic E-state index is -0.578. The zero-order chi connectivity index (χ0) is 33.0. The lowest BCUT2D eigenvalue weighted by Gasteiger charge is -2.08. The summed E-state index contributed by atoms with van der Waals surface area (Å²) in [5.41, 5.74) is 3.88. The zero-order valence-electron chi connectivity index (χ0n) is 25.3. The van der Waals surface area contributed by atoms with Crippen molar-refractivity contribution in [3.63, 3.8) is 0 Å². The van der Waals surface area contributed by atoms with Crippen LogP contribution in [0.4, 0.5) is 34.1 Å². The van der Waals surface area contributed by atoms with Crippen LogP contribution in [0.3, 0.4) is 0 Å². The Morgan fingerprint density at radius 3 is 1.02 bits per heavy atom. The fraction of sp³-hybridized carbons (Fsp3) is 0. The lowest BCUT2D eigenvalue weighted by Crippen LogP contribution is -2.08. The minimum Gasteiger partial charge on any atom is -0.421 e. The van der Waals surface area contributed by atoms with Gasteiger partial charge in [0.1, 0.15) is 11.4 Å². The summed E-state index contributed by atoms with van der Waals surface area (Å²) in [7, 11) is 0. The highest BCUT2D eigenvalue weighted by atomic mass is 16.5. The van der Waals surface area contributed by atoms with Gasteiger partial charge in [-0.15, -0.1) is 10.2 Å². The van der Waals surface area contributed by atoms with E-state index in [1.165, 1.54) is 0 Å². The van der Waals surface area contributed by atoms with Crippen molar-refractivity contribution in [3.8, 4) is 11.5 Å². The van der Waals surface area contributed by atoms with Gasteiger partial charge in [-0.05, 0) is 97.1 Å². The number of benzene rings is 6. The monoisotopic (exact) mass is 630 g/mol. The molecule has 0 spiro atoms. The normalized spacial score (nSPS) is 11.2. The number of carbonyl (C=O) groups excluding carboxylic acids is 2. The van der Waals surface area contributed by atoms with Crippen LogP contribution in [0.5, 0.6) is 11.5 Å². The molecule has 0 saturated heterocycles. The number of ether oxygens (including phenoxy) is 2. The van der Waals surface area contributed by atoms with Gasteiger partial charge in [0, 0.05) is 0 Å². The standard InChI is InChI=1S/C38H26N6O4/c45-37(27-19-23-31(24-20-27)41-39-29-11-3-1-4-12-29)47-35-17-9-7-15-33(35)43-44-34-16-8-10-18-36(34)48-38(46)28-21-25-32(26-22-28)42-40-30-13-5-2-6-14-30/h1-26H/b41-39+,42-40+,44-43+. The molecule has 0 aliphatic rings. The Labute approximate surface area is 275 Å². The lowest BCUT2D eigenvalue weighted by molar-refractivity contribution is 0.0725. The number of esters is 2. The van der Waals surface area contributed by atoms with Crippen LogP contribution in [0.1, 0.15) is 20.7 Å². The lowest BCUT2D eigenvalue weighted by atomic mass is 10.2. The molecule has 0 bridgehead atoms. The van der Waals surface area contributed by atoms with E-state index in [0.717, 1.165) is 11.4 Å². The molecule has 10 heteroatoms. The fourth-order valence-corrected chi connectivity index (χ4v) is 4.23. The van der Waals surface area contributed by atoms with E-state index in [1.54, 1.807) is 97.1 Å². The van der Waals surface area contributed by atoms with Gasteiger partial charge in [-0.2, -0.15) is 20.5 Å². The largest absolute Gasteiger partial charge is 0.421 e. The first-order chi connectivity index (χ1) is 23.6. The van der Waals surface area contributed by atoms with Crippen LogP contribution < -0.4 is 9.47 Å². The third-order valence-corrected chi connectivity index (χ3v) is 6.68. The van der Waals surface area contributed by atoms with Crippen LogP contribution in [0.2, 0.25) is 0 Å². The summed E-state index contributed by atoms with van der Waals surface area (Å²) in [5.74, 6) is -0.742. The smallest absolute Gasteiger partial charge is 0.343 e. The predicted molar refractivity (Wildman–Crippen MR) is 181 cm³/mol. The van der Waals surface area contributed by atoms with Gasteiger partial charge >= 0.3 is 11.9 Å². The first kappa shape index (κ1) is 31.1. The molecule has 0 radical (unpaired) electrons. The van der Waals surface area contributed by atoms with Gasteiger partial charge in [-0.25, -0.2) is 9.59 Å². The van der Waals surface area contributed by atoms with E-state index in [9.17, 15) is 9.59 Å². The number of nitrogens with zero attached hydrogens (tertiary/aromatic N) is 6.